The van der Waals surface area contributed by atoms with Crippen LogP contribution in [0.2, 0.25) is 0 Å². The van der Waals surface area contributed by atoms with Crippen LogP contribution in [0.3, 0.4) is 0 Å². The van der Waals surface area contributed by atoms with Crippen LogP contribution in [-0.4, -0.2) is 14.3 Å². The van der Waals surface area contributed by atoms with E-state index in [4.69, 9.17) is 6.57 Å². The second-order valence-corrected chi connectivity index (χ2v) is 5.39. The first-order valence-electron chi connectivity index (χ1n) is 7.11. The van der Waals surface area contributed by atoms with E-state index in [1.807, 2.05) is 0 Å². The zero-order valence-electron chi connectivity index (χ0n) is 13.0. The van der Waals surface area contributed by atoms with Crippen LogP contribution < -0.4 is 11.4 Å². The largest absolute Gasteiger partial charge is 0.356 e. The molecule has 0 spiro atoms. The molecule has 3 aromatic rings. The molecule has 2 aromatic carbocycles. The molecule has 0 aliphatic heterocycles. The first-order chi connectivity index (χ1) is 11.4. The summed E-state index contributed by atoms with van der Waals surface area (Å²) in [6.45, 7) is 10.4. The Bertz CT molecular complexity index is 1100. The minimum absolute atomic E-state index is 0.230. The summed E-state index contributed by atoms with van der Waals surface area (Å²) in [6.07, 6.45) is 0. The quantitative estimate of drug-likeness (QED) is 0.737. The van der Waals surface area contributed by atoms with E-state index in [0.29, 0.717) is 22.5 Å². The minimum atomic E-state index is -0.643. The molecule has 1 aromatic heterocycles. The third kappa shape index (κ3) is 2.44. The van der Waals surface area contributed by atoms with Gasteiger partial charge in [-0.25, -0.2) is 33.2 Å². The van der Waals surface area contributed by atoms with Gasteiger partial charge in [0.05, 0.1) is 17.9 Å². The second-order valence-electron chi connectivity index (χ2n) is 5.39. The van der Waals surface area contributed by atoms with Gasteiger partial charge in [-0.15, -0.1) is 0 Å². The molecule has 0 aliphatic carbocycles. The summed E-state index contributed by atoms with van der Waals surface area (Å²) in [6, 6.07) is 8.92. The monoisotopic (exact) mass is 324 g/mol. The number of hydrogen-bond acceptors (Lipinski definition) is 2. The molecule has 0 amide bonds. The molecule has 0 atom stereocenters. The predicted molar refractivity (Wildman–Crippen MR) is 87.7 cm³/mol. The predicted octanol–water partition coefficient (Wildman–Crippen LogP) is 2.62. The highest BCUT2D eigenvalue weighted by atomic mass is 19.1. The van der Waals surface area contributed by atoms with Gasteiger partial charge >= 0.3 is 11.4 Å². The minimum Gasteiger partial charge on any atom is -0.246 e. The zero-order chi connectivity index (χ0) is 17.4. The van der Waals surface area contributed by atoms with Gasteiger partial charge in [-0.3, -0.25) is 0 Å². The SMILES string of the molecule is [C-]#[N+]c1ccc(-n2c(=O)[nH]n(-c3ccc(C)c(F)c3)c2=O)cc1C. The number of H-pyrrole nitrogens is 1. The molecule has 0 unspecified atom stereocenters. The fourth-order valence-corrected chi connectivity index (χ4v) is 2.41. The normalized spacial score (nSPS) is 10.6. The highest BCUT2D eigenvalue weighted by molar-refractivity contribution is 5.56. The van der Waals surface area contributed by atoms with Crippen molar-refractivity contribution in [1.29, 1.82) is 0 Å². The van der Waals surface area contributed by atoms with E-state index in [1.165, 1.54) is 18.2 Å². The van der Waals surface area contributed by atoms with Crippen molar-refractivity contribution >= 4 is 5.69 Å². The number of nitrogens with zero attached hydrogens (tertiary/aromatic N) is 3. The van der Waals surface area contributed by atoms with E-state index in [-0.39, 0.29) is 5.69 Å². The average molecular weight is 324 g/mol. The number of rotatable bonds is 2. The van der Waals surface area contributed by atoms with E-state index < -0.39 is 17.2 Å². The molecule has 6 nitrogen and oxygen atoms in total. The molecule has 24 heavy (non-hydrogen) atoms. The van der Waals surface area contributed by atoms with Crippen LogP contribution in [0.25, 0.3) is 16.2 Å². The Kier molecular flexibility index (Phi) is 3.66. The fourth-order valence-electron chi connectivity index (χ4n) is 2.41. The lowest BCUT2D eigenvalue weighted by Crippen LogP contribution is -2.26. The van der Waals surface area contributed by atoms with E-state index in [9.17, 15) is 14.0 Å². The summed E-state index contributed by atoms with van der Waals surface area (Å²) < 4.78 is 15.7. The van der Waals surface area contributed by atoms with Gasteiger partial charge in [0.2, 0.25) is 0 Å². The maximum absolute atomic E-state index is 13.7. The first kappa shape index (κ1) is 15.5. The Morgan fingerprint density at radius 3 is 2.38 bits per heavy atom. The molecule has 1 heterocycles. The summed E-state index contributed by atoms with van der Waals surface area (Å²) in [4.78, 5) is 28.1. The van der Waals surface area contributed by atoms with Gasteiger partial charge in [0.1, 0.15) is 5.82 Å². The highest BCUT2D eigenvalue weighted by Gasteiger charge is 2.14. The van der Waals surface area contributed by atoms with Crippen molar-refractivity contribution in [2.75, 3.05) is 0 Å². The van der Waals surface area contributed by atoms with Crippen LogP contribution in [0.5, 0.6) is 0 Å². The molecule has 0 radical (unpaired) electrons. The standard InChI is InChI=1S/C17H13FN4O2/c1-10-4-5-13(9-14(10)18)22-17(24)21(16(23)20-22)12-6-7-15(19-3)11(2)8-12/h4-9H,1-2H3,(H,20,23). The molecular formula is C17H13FN4O2. The third-order valence-corrected chi connectivity index (χ3v) is 3.77. The third-order valence-electron chi connectivity index (χ3n) is 3.77. The number of aryl methyl sites for hydroxylation is 2. The van der Waals surface area contributed by atoms with Gasteiger partial charge in [-0.05, 0) is 49.2 Å². The number of aromatic nitrogens is 3. The van der Waals surface area contributed by atoms with Gasteiger partial charge in [0, 0.05) is 0 Å². The van der Waals surface area contributed by atoms with Crippen molar-refractivity contribution in [2.24, 2.45) is 0 Å². The lowest BCUT2D eigenvalue weighted by atomic mass is 10.2. The van der Waals surface area contributed by atoms with Crippen molar-refractivity contribution in [3.63, 3.8) is 0 Å². The lowest BCUT2D eigenvalue weighted by Gasteiger charge is -2.04. The van der Waals surface area contributed by atoms with Gasteiger partial charge in [0.25, 0.3) is 0 Å². The Morgan fingerprint density at radius 1 is 1.04 bits per heavy atom. The second kappa shape index (κ2) is 5.66. The van der Waals surface area contributed by atoms with Crippen LogP contribution in [0.1, 0.15) is 11.1 Å². The lowest BCUT2D eigenvalue weighted by molar-refractivity contribution is 0.615. The van der Waals surface area contributed by atoms with Crippen molar-refractivity contribution in [2.45, 2.75) is 13.8 Å². The Hall–Kier alpha value is -3.40. The molecule has 1 N–H and O–H groups in total. The van der Waals surface area contributed by atoms with Crippen molar-refractivity contribution in [1.82, 2.24) is 14.3 Å². The molecule has 120 valence electrons. The van der Waals surface area contributed by atoms with Crippen molar-refractivity contribution < 1.29 is 4.39 Å². The van der Waals surface area contributed by atoms with Crippen LogP contribution in [-0.2, 0) is 0 Å². The van der Waals surface area contributed by atoms with E-state index in [2.05, 4.69) is 9.94 Å². The van der Waals surface area contributed by atoms with E-state index in [0.717, 1.165) is 9.25 Å². The first-order valence-corrected chi connectivity index (χ1v) is 7.11. The van der Waals surface area contributed by atoms with Gasteiger partial charge < -0.3 is 0 Å². The topological polar surface area (TPSA) is 64.2 Å². The van der Waals surface area contributed by atoms with Crippen LogP contribution >= 0.6 is 0 Å². The number of hydrogen-bond donors (Lipinski definition) is 1. The van der Waals surface area contributed by atoms with Gasteiger partial charge in [0.15, 0.2) is 5.69 Å². The average Bonchev–Trinajstić information content (AvgIpc) is 2.85. The van der Waals surface area contributed by atoms with Crippen LogP contribution in [0.4, 0.5) is 10.1 Å². The summed E-state index contributed by atoms with van der Waals surface area (Å²) in [5.74, 6) is -0.467. The molecule has 0 fully saturated rings. The summed E-state index contributed by atoms with van der Waals surface area (Å²) in [5, 5.41) is 2.41. The Morgan fingerprint density at radius 2 is 1.75 bits per heavy atom. The molecule has 0 aliphatic rings. The molecule has 3 rings (SSSR count). The number of halogens is 1. The van der Waals surface area contributed by atoms with Crippen LogP contribution in [0, 0.1) is 26.2 Å². The molecule has 0 bridgehead atoms. The maximum atomic E-state index is 13.7. The van der Waals surface area contributed by atoms with Crippen molar-refractivity contribution in [3.8, 4) is 11.4 Å². The number of nitrogens with one attached hydrogen (secondary N) is 1. The van der Waals surface area contributed by atoms with E-state index in [1.54, 1.807) is 32.0 Å². The zero-order valence-corrected chi connectivity index (χ0v) is 13.0. The van der Waals surface area contributed by atoms with Gasteiger partial charge in [-0.2, -0.15) is 0 Å². The van der Waals surface area contributed by atoms with E-state index >= 15 is 0 Å². The van der Waals surface area contributed by atoms with Crippen LogP contribution in [0.15, 0.2) is 46.0 Å². The molecular weight excluding hydrogens is 311 g/mol. The maximum Gasteiger partial charge on any atom is 0.356 e. The Labute approximate surface area is 136 Å². The number of benzene rings is 2. The van der Waals surface area contributed by atoms with Gasteiger partial charge in [-0.1, -0.05) is 12.1 Å². The summed E-state index contributed by atoms with van der Waals surface area (Å²) >= 11 is 0. The summed E-state index contributed by atoms with van der Waals surface area (Å²) in [7, 11) is 0. The number of aromatic amines is 1. The highest BCUT2D eigenvalue weighted by Crippen LogP contribution is 2.20. The Balaban J connectivity index is 2.19. The smallest absolute Gasteiger partial charge is 0.246 e. The molecule has 7 heteroatoms. The van der Waals surface area contributed by atoms with Crippen molar-refractivity contribution in [3.05, 3.63) is 85.7 Å². The summed E-state index contributed by atoms with van der Waals surface area (Å²) in [5.41, 5.74) is 0.838. The molecule has 0 saturated heterocycles. The molecule has 0 saturated carbocycles. The fraction of sp³-hybridized carbons (Fsp3) is 0.118.